The van der Waals surface area contributed by atoms with Gasteiger partial charge in [0.25, 0.3) is 0 Å². The maximum absolute atomic E-state index is 5.98. The molecular formula is C13H14Cl2O2. The first-order chi connectivity index (χ1) is 8.17. The summed E-state index contributed by atoms with van der Waals surface area (Å²) in [6.45, 7) is 2.71. The third-order valence-electron chi connectivity index (χ3n) is 2.18. The van der Waals surface area contributed by atoms with Gasteiger partial charge in [-0.2, -0.15) is 0 Å². The third kappa shape index (κ3) is 4.87. The first-order valence-electron chi connectivity index (χ1n) is 5.30. The van der Waals surface area contributed by atoms with Crippen molar-refractivity contribution in [1.82, 2.24) is 0 Å². The van der Waals surface area contributed by atoms with Gasteiger partial charge in [-0.05, 0) is 24.6 Å². The molecule has 0 spiro atoms. The molecule has 0 heterocycles. The Balaban J connectivity index is 2.51. The average Bonchev–Trinajstić information content (AvgIpc) is 2.31. The lowest BCUT2D eigenvalue weighted by Gasteiger charge is -2.16. The second-order valence-electron chi connectivity index (χ2n) is 3.43. The van der Waals surface area contributed by atoms with Crippen LogP contribution in [-0.2, 0) is 4.74 Å². The minimum Gasteiger partial charge on any atom is -0.489 e. The van der Waals surface area contributed by atoms with E-state index in [1.54, 1.807) is 18.2 Å². The van der Waals surface area contributed by atoms with Crippen LogP contribution in [0, 0.1) is 12.3 Å². The zero-order valence-corrected chi connectivity index (χ0v) is 11.1. The Hall–Kier alpha value is -0.880. The van der Waals surface area contributed by atoms with Gasteiger partial charge in [-0.3, -0.25) is 0 Å². The fourth-order valence-electron chi connectivity index (χ4n) is 1.22. The molecule has 2 nitrogen and oxygen atoms in total. The van der Waals surface area contributed by atoms with Gasteiger partial charge < -0.3 is 9.47 Å². The number of terminal acetylenes is 1. The van der Waals surface area contributed by atoms with Gasteiger partial charge in [0.2, 0.25) is 0 Å². The van der Waals surface area contributed by atoms with Crippen molar-refractivity contribution in [3.05, 3.63) is 28.2 Å². The molecule has 1 unspecified atom stereocenters. The summed E-state index contributed by atoms with van der Waals surface area (Å²) in [5.74, 6) is 3.02. The third-order valence-corrected chi connectivity index (χ3v) is 2.71. The summed E-state index contributed by atoms with van der Waals surface area (Å²) in [4.78, 5) is 0. The summed E-state index contributed by atoms with van der Waals surface area (Å²) in [5, 5.41) is 1.07. The zero-order chi connectivity index (χ0) is 12.7. The first kappa shape index (κ1) is 14.2. The molecule has 0 aliphatic heterocycles. The van der Waals surface area contributed by atoms with E-state index in [-0.39, 0.29) is 12.7 Å². The average molecular weight is 273 g/mol. The van der Waals surface area contributed by atoms with Gasteiger partial charge in [0.05, 0.1) is 11.1 Å². The Labute approximate surface area is 112 Å². The van der Waals surface area contributed by atoms with Crippen LogP contribution in [0.25, 0.3) is 0 Å². The SMILES string of the molecule is C#CCOC(CC)COc1ccc(Cl)cc1Cl. The van der Waals surface area contributed by atoms with Crippen LogP contribution in [0.4, 0.5) is 0 Å². The Morgan fingerprint density at radius 1 is 1.41 bits per heavy atom. The van der Waals surface area contributed by atoms with Crippen molar-refractivity contribution >= 4 is 23.2 Å². The number of ether oxygens (including phenoxy) is 2. The molecule has 0 radical (unpaired) electrons. The summed E-state index contributed by atoms with van der Waals surface area (Å²) in [6, 6.07) is 5.10. The van der Waals surface area contributed by atoms with Crippen LogP contribution in [0.15, 0.2) is 18.2 Å². The summed E-state index contributed by atoms with van der Waals surface area (Å²) in [6.07, 6.45) is 5.92. The fourth-order valence-corrected chi connectivity index (χ4v) is 1.69. The van der Waals surface area contributed by atoms with E-state index in [2.05, 4.69) is 5.92 Å². The Morgan fingerprint density at radius 2 is 2.18 bits per heavy atom. The molecule has 1 aromatic rings. The van der Waals surface area contributed by atoms with Crippen LogP contribution >= 0.6 is 23.2 Å². The van der Waals surface area contributed by atoms with Crippen molar-refractivity contribution in [3.63, 3.8) is 0 Å². The van der Waals surface area contributed by atoms with E-state index >= 15 is 0 Å². The normalized spacial score (nSPS) is 11.9. The Kier molecular flexibility index (Phi) is 6.21. The lowest BCUT2D eigenvalue weighted by Crippen LogP contribution is -2.21. The van der Waals surface area contributed by atoms with Gasteiger partial charge in [0, 0.05) is 5.02 Å². The maximum atomic E-state index is 5.98. The molecule has 1 rings (SSSR count). The molecule has 92 valence electrons. The van der Waals surface area contributed by atoms with Crippen LogP contribution in [0.1, 0.15) is 13.3 Å². The number of hydrogen-bond donors (Lipinski definition) is 0. The van der Waals surface area contributed by atoms with E-state index in [9.17, 15) is 0 Å². The molecule has 4 heteroatoms. The number of hydrogen-bond acceptors (Lipinski definition) is 2. The second kappa shape index (κ2) is 7.45. The van der Waals surface area contributed by atoms with Gasteiger partial charge in [0.15, 0.2) is 0 Å². The van der Waals surface area contributed by atoms with Crippen molar-refractivity contribution in [2.24, 2.45) is 0 Å². The van der Waals surface area contributed by atoms with Gasteiger partial charge in [-0.25, -0.2) is 0 Å². The van der Waals surface area contributed by atoms with E-state index in [1.165, 1.54) is 0 Å². The molecule has 0 aromatic heterocycles. The van der Waals surface area contributed by atoms with E-state index in [0.29, 0.717) is 22.4 Å². The number of halogens is 2. The standard InChI is InChI=1S/C13H14Cl2O2/c1-3-7-16-11(4-2)9-17-13-6-5-10(14)8-12(13)15/h1,5-6,8,11H,4,7,9H2,2H3. The molecule has 0 saturated carbocycles. The molecular weight excluding hydrogens is 259 g/mol. The molecule has 0 N–H and O–H groups in total. The van der Waals surface area contributed by atoms with Gasteiger partial charge >= 0.3 is 0 Å². The number of rotatable bonds is 6. The highest BCUT2D eigenvalue weighted by molar-refractivity contribution is 6.35. The predicted molar refractivity (Wildman–Crippen MR) is 70.8 cm³/mol. The fraction of sp³-hybridized carbons (Fsp3) is 0.385. The highest BCUT2D eigenvalue weighted by Crippen LogP contribution is 2.27. The molecule has 0 fully saturated rings. The van der Waals surface area contributed by atoms with Crippen molar-refractivity contribution in [1.29, 1.82) is 0 Å². The largest absolute Gasteiger partial charge is 0.489 e. The van der Waals surface area contributed by atoms with Gasteiger partial charge in [0.1, 0.15) is 19.0 Å². The Bertz CT molecular complexity index is 399. The predicted octanol–water partition coefficient (Wildman–Crippen LogP) is 3.80. The van der Waals surface area contributed by atoms with E-state index < -0.39 is 0 Å². The molecule has 17 heavy (non-hydrogen) atoms. The monoisotopic (exact) mass is 272 g/mol. The zero-order valence-electron chi connectivity index (χ0n) is 9.58. The molecule has 0 aliphatic carbocycles. The van der Waals surface area contributed by atoms with E-state index in [0.717, 1.165) is 6.42 Å². The van der Waals surface area contributed by atoms with Gasteiger partial charge in [-0.1, -0.05) is 36.0 Å². The van der Waals surface area contributed by atoms with Crippen molar-refractivity contribution in [3.8, 4) is 18.1 Å². The second-order valence-corrected chi connectivity index (χ2v) is 4.27. The van der Waals surface area contributed by atoms with Crippen molar-refractivity contribution < 1.29 is 9.47 Å². The minimum atomic E-state index is -0.0298. The maximum Gasteiger partial charge on any atom is 0.138 e. The molecule has 0 amide bonds. The van der Waals surface area contributed by atoms with Gasteiger partial charge in [-0.15, -0.1) is 6.42 Å². The summed E-state index contributed by atoms with van der Waals surface area (Å²) in [5.41, 5.74) is 0. The lowest BCUT2D eigenvalue weighted by atomic mass is 10.3. The smallest absolute Gasteiger partial charge is 0.138 e. The van der Waals surface area contributed by atoms with Crippen LogP contribution in [0.5, 0.6) is 5.75 Å². The van der Waals surface area contributed by atoms with Crippen LogP contribution in [0.3, 0.4) is 0 Å². The van der Waals surface area contributed by atoms with Crippen LogP contribution in [-0.4, -0.2) is 19.3 Å². The highest BCUT2D eigenvalue weighted by atomic mass is 35.5. The molecule has 0 bridgehead atoms. The minimum absolute atomic E-state index is 0.0298. The summed E-state index contributed by atoms with van der Waals surface area (Å²) >= 11 is 11.8. The summed E-state index contributed by atoms with van der Waals surface area (Å²) < 4.78 is 11.0. The lowest BCUT2D eigenvalue weighted by molar-refractivity contribution is 0.0371. The molecule has 0 saturated heterocycles. The summed E-state index contributed by atoms with van der Waals surface area (Å²) in [7, 11) is 0. The first-order valence-corrected chi connectivity index (χ1v) is 6.05. The highest BCUT2D eigenvalue weighted by Gasteiger charge is 2.09. The number of benzene rings is 1. The molecule has 1 aromatic carbocycles. The van der Waals surface area contributed by atoms with Crippen molar-refractivity contribution in [2.75, 3.05) is 13.2 Å². The van der Waals surface area contributed by atoms with Crippen LogP contribution < -0.4 is 4.74 Å². The topological polar surface area (TPSA) is 18.5 Å². The van der Waals surface area contributed by atoms with Crippen molar-refractivity contribution in [2.45, 2.75) is 19.4 Å². The Morgan fingerprint density at radius 3 is 2.76 bits per heavy atom. The quantitative estimate of drug-likeness (QED) is 0.734. The molecule has 1 atom stereocenters. The van der Waals surface area contributed by atoms with Crippen LogP contribution in [0.2, 0.25) is 10.0 Å². The van der Waals surface area contributed by atoms with E-state index in [4.69, 9.17) is 39.1 Å². The van der Waals surface area contributed by atoms with E-state index in [1.807, 2.05) is 6.92 Å². The molecule has 0 aliphatic rings.